The molecule has 0 radical (unpaired) electrons. The van der Waals surface area contributed by atoms with Crippen LogP contribution in [0.1, 0.15) is 12.8 Å². The molecular weight excluding hydrogens is 230 g/mol. The summed E-state index contributed by atoms with van der Waals surface area (Å²) < 4.78 is 10.3. The van der Waals surface area contributed by atoms with E-state index in [9.17, 15) is 0 Å². The van der Waals surface area contributed by atoms with Crippen LogP contribution in [0.3, 0.4) is 0 Å². The molecule has 1 aromatic heterocycles. The Bertz CT molecular complexity index is 321. The van der Waals surface area contributed by atoms with Crippen LogP contribution in [0, 0.1) is 0 Å². The third kappa shape index (κ3) is 6.42. The van der Waals surface area contributed by atoms with E-state index in [4.69, 9.17) is 9.47 Å². The van der Waals surface area contributed by atoms with Crippen LogP contribution in [0.4, 0.5) is 11.5 Å². The number of ether oxygens (including phenoxy) is 2. The Morgan fingerprint density at radius 3 is 2.89 bits per heavy atom. The quantitative estimate of drug-likeness (QED) is 0.624. The second-order valence-electron chi connectivity index (χ2n) is 3.92. The number of anilines is 2. The topological polar surface area (TPSA) is 55.4 Å². The first kappa shape index (κ1) is 14.7. The van der Waals surface area contributed by atoms with Crippen molar-refractivity contribution in [2.75, 3.05) is 51.2 Å². The molecule has 5 nitrogen and oxygen atoms in total. The number of methoxy groups -OCH3 is 1. The van der Waals surface area contributed by atoms with Gasteiger partial charge in [0.1, 0.15) is 5.82 Å². The Hall–Kier alpha value is -1.33. The highest BCUT2D eigenvalue weighted by atomic mass is 16.5. The fourth-order valence-corrected chi connectivity index (χ4v) is 1.48. The molecule has 0 aliphatic rings. The minimum Gasteiger partial charge on any atom is -0.385 e. The molecule has 1 aromatic rings. The van der Waals surface area contributed by atoms with Gasteiger partial charge in [-0.05, 0) is 18.9 Å². The molecule has 0 saturated carbocycles. The first-order valence-electron chi connectivity index (χ1n) is 6.31. The maximum Gasteiger partial charge on any atom is 0.127 e. The predicted octanol–water partition coefficient (Wildman–Crippen LogP) is 1.98. The summed E-state index contributed by atoms with van der Waals surface area (Å²) in [7, 11) is 3.55. The van der Waals surface area contributed by atoms with Crippen LogP contribution >= 0.6 is 0 Å². The summed E-state index contributed by atoms with van der Waals surface area (Å²) in [5.74, 6) is 0.878. The van der Waals surface area contributed by atoms with Gasteiger partial charge < -0.3 is 20.1 Å². The van der Waals surface area contributed by atoms with Crippen molar-refractivity contribution < 1.29 is 9.47 Å². The SMILES string of the molecule is CNc1cc(NCCCCOCCOC)ccn1. The van der Waals surface area contributed by atoms with Crippen LogP contribution in [0.25, 0.3) is 0 Å². The summed E-state index contributed by atoms with van der Waals surface area (Å²) in [6, 6.07) is 3.96. The molecule has 1 heterocycles. The fourth-order valence-electron chi connectivity index (χ4n) is 1.48. The molecule has 1 rings (SSSR count). The molecule has 18 heavy (non-hydrogen) atoms. The first-order chi connectivity index (χ1) is 8.86. The highest BCUT2D eigenvalue weighted by molar-refractivity contribution is 5.51. The Kier molecular flexibility index (Phi) is 7.92. The molecule has 0 atom stereocenters. The Labute approximate surface area is 109 Å². The largest absolute Gasteiger partial charge is 0.385 e. The summed E-state index contributed by atoms with van der Waals surface area (Å²) in [4.78, 5) is 4.16. The van der Waals surface area contributed by atoms with Gasteiger partial charge in [-0.2, -0.15) is 0 Å². The smallest absolute Gasteiger partial charge is 0.127 e. The Morgan fingerprint density at radius 1 is 1.22 bits per heavy atom. The molecule has 0 fully saturated rings. The van der Waals surface area contributed by atoms with Gasteiger partial charge in [-0.3, -0.25) is 0 Å². The van der Waals surface area contributed by atoms with Crippen molar-refractivity contribution >= 4 is 11.5 Å². The van der Waals surface area contributed by atoms with Crippen LogP contribution in [0.5, 0.6) is 0 Å². The van der Waals surface area contributed by atoms with Gasteiger partial charge in [-0.25, -0.2) is 4.98 Å². The van der Waals surface area contributed by atoms with Gasteiger partial charge in [0.05, 0.1) is 13.2 Å². The van der Waals surface area contributed by atoms with Crippen molar-refractivity contribution in [3.05, 3.63) is 18.3 Å². The van der Waals surface area contributed by atoms with Crippen LogP contribution < -0.4 is 10.6 Å². The molecule has 0 bridgehead atoms. The van der Waals surface area contributed by atoms with Gasteiger partial charge in [-0.1, -0.05) is 0 Å². The van der Waals surface area contributed by atoms with Crippen LogP contribution in [-0.4, -0.2) is 45.5 Å². The van der Waals surface area contributed by atoms with Gasteiger partial charge >= 0.3 is 0 Å². The zero-order chi connectivity index (χ0) is 13.1. The Morgan fingerprint density at radius 2 is 2.11 bits per heavy atom. The molecular formula is C13H23N3O2. The van der Waals surface area contributed by atoms with E-state index in [-0.39, 0.29) is 0 Å². The summed E-state index contributed by atoms with van der Waals surface area (Å²) >= 11 is 0. The van der Waals surface area contributed by atoms with Gasteiger partial charge in [-0.15, -0.1) is 0 Å². The molecule has 0 aliphatic heterocycles. The predicted molar refractivity (Wildman–Crippen MR) is 74.2 cm³/mol. The number of nitrogens with one attached hydrogen (secondary N) is 2. The lowest BCUT2D eigenvalue weighted by Crippen LogP contribution is -2.06. The number of nitrogens with zero attached hydrogens (tertiary/aromatic N) is 1. The molecule has 0 spiro atoms. The van der Waals surface area contributed by atoms with Gasteiger partial charge in [0.15, 0.2) is 0 Å². The van der Waals surface area contributed by atoms with Gasteiger partial charge in [0.25, 0.3) is 0 Å². The number of rotatable bonds is 10. The van der Waals surface area contributed by atoms with E-state index in [1.165, 1.54) is 0 Å². The lowest BCUT2D eigenvalue weighted by Gasteiger charge is -2.08. The maximum atomic E-state index is 5.39. The zero-order valence-electron chi connectivity index (χ0n) is 11.2. The molecule has 0 aromatic carbocycles. The van der Waals surface area contributed by atoms with Crippen LogP contribution in [0.2, 0.25) is 0 Å². The average Bonchev–Trinajstić information content (AvgIpc) is 2.42. The molecule has 102 valence electrons. The van der Waals surface area contributed by atoms with Crippen molar-refractivity contribution in [2.24, 2.45) is 0 Å². The normalized spacial score (nSPS) is 10.3. The summed E-state index contributed by atoms with van der Waals surface area (Å²) in [6.07, 6.45) is 3.94. The van der Waals surface area contributed by atoms with Crippen LogP contribution in [0.15, 0.2) is 18.3 Å². The van der Waals surface area contributed by atoms with E-state index in [0.29, 0.717) is 13.2 Å². The minimum absolute atomic E-state index is 0.669. The van der Waals surface area contributed by atoms with Gasteiger partial charge in [0.2, 0.25) is 0 Å². The van der Waals surface area contributed by atoms with Crippen molar-refractivity contribution in [2.45, 2.75) is 12.8 Å². The van der Waals surface area contributed by atoms with Crippen molar-refractivity contribution in [3.63, 3.8) is 0 Å². The third-order valence-electron chi connectivity index (χ3n) is 2.49. The summed E-state index contributed by atoms with van der Waals surface area (Å²) in [5, 5.41) is 6.38. The highest BCUT2D eigenvalue weighted by Gasteiger charge is 1.95. The first-order valence-corrected chi connectivity index (χ1v) is 6.31. The number of hydrogen-bond acceptors (Lipinski definition) is 5. The Balaban J connectivity index is 2.03. The average molecular weight is 253 g/mol. The second-order valence-corrected chi connectivity index (χ2v) is 3.92. The number of pyridine rings is 1. The van der Waals surface area contributed by atoms with E-state index in [0.717, 1.165) is 37.5 Å². The summed E-state index contributed by atoms with van der Waals surface area (Å²) in [6.45, 7) is 3.09. The standard InChI is InChI=1S/C13H23N3O2/c1-14-13-11-12(5-7-16-13)15-6-3-4-8-18-10-9-17-2/h5,7,11H,3-4,6,8-10H2,1-2H3,(H2,14,15,16). The van der Waals surface area contributed by atoms with Crippen molar-refractivity contribution in [1.29, 1.82) is 0 Å². The molecule has 2 N–H and O–H groups in total. The van der Waals surface area contributed by atoms with Crippen LogP contribution in [-0.2, 0) is 9.47 Å². The number of unbranched alkanes of at least 4 members (excludes halogenated alkanes) is 1. The fraction of sp³-hybridized carbons (Fsp3) is 0.615. The molecule has 0 aliphatic carbocycles. The van der Waals surface area contributed by atoms with E-state index in [2.05, 4.69) is 15.6 Å². The highest BCUT2D eigenvalue weighted by Crippen LogP contribution is 2.11. The molecule has 0 amide bonds. The maximum absolute atomic E-state index is 5.39. The van der Waals surface area contributed by atoms with Crippen molar-refractivity contribution in [1.82, 2.24) is 4.98 Å². The number of hydrogen-bond donors (Lipinski definition) is 2. The number of aromatic nitrogens is 1. The van der Waals surface area contributed by atoms with E-state index < -0.39 is 0 Å². The summed E-state index contributed by atoms with van der Waals surface area (Å²) in [5.41, 5.74) is 1.09. The monoisotopic (exact) mass is 253 g/mol. The lowest BCUT2D eigenvalue weighted by molar-refractivity contribution is 0.0691. The second kappa shape index (κ2) is 9.67. The lowest BCUT2D eigenvalue weighted by atomic mass is 10.3. The van der Waals surface area contributed by atoms with E-state index in [1.807, 2.05) is 19.2 Å². The molecule has 0 saturated heterocycles. The molecule has 5 heteroatoms. The van der Waals surface area contributed by atoms with E-state index >= 15 is 0 Å². The molecule has 0 unspecified atom stereocenters. The minimum atomic E-state index is 0.669. The van der Waals surface area contributed by atoms with E-state index in [1.54, 1.807) is 13.3 Å². The zero-order valence-corrected chi connectivity index (χ0v) is 11.2. The van der Waals surface area contributed by atoms with Gasteiger partial charge in [0, 0.05) is 45.3 Å². The van der Waals surface area contributed by atoms with Crippen molar-refractivity contribution in [3.8, 4) is 0 Å². The third-order valence-corrected chi connectivity index (χ3v) is 2.49.